The van der Waals surface area contributed by atoms with E-state index in [-0.39, 0.29) is 0 Å². The first-order valence-electron chi connectivity index (χ1n) is 3.99. The molecule has 13 heavy (non-hydrogen) atoms. The largest absolute Gasteiger partial charge is 0.315 e. The van der Waals surface area contributed by atoms with Gasteiger partial charge >= 0.3 is 0 Å². The molecule has 0 unspecified atom stereocenters. The molecule has 0 fully saturated rings. The average molecular weight is 213 g/mol. The molecule has 0 amide bonds. The molecule has 0 bridgehead atoms. The maximum Gasteiger partial charge on any atom is 0.130 e. The van der Waals surface area contributed by atoms with E-state index in [1.807, 2.05) is 19.2 Å². The smallest absolute Gasteiger partial charge is 0.130 e. The molecule has 0 aliphatic carbocycles. The highest BCUT2D eigenvalue weighted by Crippen LogP contribution is 2.25. The van der Waals surface area contributed by atoms with Crippen LogP contribution in [0.25, 0.3) is 10.2 Å². The molecule has 2 heterocycles. The molecule has 0 aliphatic rings. The van der Waals surface area contributed by atoms with Gasteiger partial charge in [0, 0.05) is 16.8 Å². The lowest BCUT2D eigenvalue weighted by Gasteiger charge is -1.89. The molecule has 1 N–H and O–H groups in total. The Morgan fingerprint density at radius 2 is 2.38 bits per heavy atom. The number of hydrogen-bond donors (Lipinski definition) is 1. The van der Waals surface area contributed by atoms with Crippen LogP contribution >= 0.6 is 22.9 Å². The zero-order valence-corrected chi connectivity index (χ0v) is 8.75. The molecule has 0 spiro atoms. The molecular weight excluding hydrogens is 204 g/mol. The highest BCUT2D eigenvalue weighted by atomic mass is 35.5. The number of hydrogen-bond acceptors (Lipinski definition) is 3. The molecule has 2 aromatic rings. The Morgan fingerprint density at radius 3 is 3.15 bits per heavy atom. The summed E-state index contributed by atoms with van der Waals surface area (Å²) < 4.78 is 0. The van der Waals surface area contributed by atoms with Crippen molar-refractivity contribution in [1.29, 1.82) is 0 Å². The Bertz CT molecular complexity index is 424. The third kappa shape index (κ3) is 1.82. The number of fused-ring (bicyclic) bond motifs is 1. The van der Waals surface area contributed by atoms with Crippen molar-refractivity contribution in [2.45, 2.75) is 6.54 Å². The molecule has 0 radical (unpaired) electrons. The van der Waals surface area contributed by atoms with Gasteiger partial charge in [0.15, 0.2) is 0 Å². The van der Waals surface area contributed by atoms with Gasteiger partial charge in [-0.05, 0) is 25.2 Å². The molecule has 0 saturated carbocycles. The van der Waals surface area contributed by atoms with Gasteiger partial charge in [-0.1, -0.05) is 11.6 Å². The molecule has 2 nitrogen and oxygen atoms in total. The lowest BCUT2D eigenvalue weighted by molar-refractivity contribution is 0.832. The summed E-state index contributed by atoms with van der Waals surface area (Å²) in [4.78, 5) is 6.53. The number of aromatic nitrogens is 1. The first-order chi connectivity index (χ1) is 6.29. The summed E-state index contributed by atoms with van der Waals surface area (Å²) >= 11 is 7.46. The van der Waals surface area contributed by atoms with Gasteiger partial charge < -0.3 is 5.32 Å². The first-order valence-corrected chi connectivity index (χ1v) is 5.18. The van der Waals surface area contributed by atoms with E-state index >= 15 is 0 Å². The van der Waals surface area contributed by atoms with Gasteiger partial charge in [-0.2, -0.15) is 0 Å². The molecule has 4 heteroatoms. The Kier molecular flexibility index (Phi) is 2.49. The van der Waals surface area contributed by atoms with Crippen LogP contribution < -0.4 is 5.32 Å². The van der Waals surface area contributed by atoms with Crippen molar-refractivity contribution >= 4 is 33.2 Å². The van der Waals surface area contributed by atoms with Gasteiger partial charge in [-0.25, -0.2) is 4.98 Å². The molecule has 0 aromatic carbocycles. The van der Waals surface area contributed by atoms with Crippen LogP contribution in [0.2, 0.25) is 5.15 Å². The number of halogens is 1. The van der Waals surface area contributed by atoms with Gasteiger partial charge in [0.25, 0.3) is 0 Å². The Labute approximate surface area is 85.6 Å². The van der Waals surface area contributed by atoms with Gasteiger partial charge in [0.2, 0.25) is 0 Å². The number of pyridine rings is 1. The van der Waals surface area contributed by atoms with Crippen molar-refractivity contribution in [2.75, 3.05) is 7.05 Å². The maximum absolute atomic E-state index is 5.78. The molecular formula is C9H9ClN2S. The van der Waals surface area contributed by atoms with Crippen LogP contribution in [0.1, 0.15) is 4.88 Å². The van der Waals surface area contributed by atoms with Crippen LogP contribution in [-0.4, -0.2) is 12.0 Å². The minimum atomic E-state index is 0.561. The summed E-state index contributed by atoms with van der Waals surface area (Å²) in [6.45, 7) is 0.888. The Morgan fingerprint density at radius 1 is 1.54 bits per heavy atom. The number of rotatable bonds is 2. The van der Waals surface area contributed by atoms with Gasteiger partial charge in [-0.3, -0.25) is 0 Å². The van der Waals surface area contributed by atoms with E-state index < -0.39 is 0 Å². The number of nitrogens with one attached hydrogen (secondary N) is 1. The quantitative estimate of drug-likeness (QED) is 0.775. The summed E-state index contributed by atoms with van der Waals surface area (Å²) in [6.07, 6.45) is 0. The predicted octanol–water partition coefficient (Wildman–Crippen LogP) is 2.67. The van der Waals surface area contributed by atoms with Crippen LogP contribution in [0, 0.1) is 0 Å². The Hall–Kier alpha value is -0.640. The minimum Gasteiger partial charge on any atom is -0.315 e. The fraction of sp³-hybridized carbons (Fsp3) is 0.222. The van der Waals surface area contributed by atoms with E-state index in [9.17, 15) is 0 Å². The molecule has 0 atom stereocenters. The maximum atomic E-state index is 5.78. The van der Waals surface area contributed by atoms with E-state index in [1.54, 1.807) is 11.3 Å². The molecule has 68 valence electrons. The van der Waals surface area contributed by atoms with Crippen LogP contribution in [0.4, 0.5) is 0 Å². The van der Waals surface area contributed by atoms with Gasteiger partial charge in [0.1, 0.15) is 9.98 Å². The number of nitrogens with zero attached hydrogens (tertiary/aromatic N) is 1. The summed E-state index contributed by atoms with van der Waals surface area (Å²) in [5.41, 5.74) is 0. The van der Waals surface area contributed by atoms with Crippen molar-refractivity contribution in [3.63, 3.8) is 0 Å². The van der Waals surface area contributed by atoms with E-state index in [0.29, 0.717) is 5.15 Å². The lowest BCUT2D eigenvalue weighted by Crippen LogP contribution is -2.02. The average Bonchev–Trinajstić information content (AvgIpc) is 2.46. The van der Waals surface area contributed by atoms with E-state index in [4.69, 9.17) is 11.6 Å². The highest BCUT2D eigenvalue weighted by molar-refractivity contribution is 7.18. The van der Waals surface area contributed by atoms with E-state index in [1.165, 1.54) is 10.3 Å². The van der Waals surface area contributed by atoms with Crippen molar-refractivity contribution in [1.82, 2.24) is 10.3 Å². The summed E-state index contributed by atoms with van der Waals surface area (Å²) in [6, 6.07) is 5.96. The van der Waals surface area contributed by atoms with Crippen LogP contribution in [-0.2, 0) is 6.54 Å². The second kappa shape index (κ2) is 3.62. The van der Waals surface area contributed by atoms with Crippen LogP contribution in [0.5, 0.6) is 0 Å². The molecule has 0 saturated heterocycles. The van der Waals surface area contributed by atoms with E-state index in [0.717, 1.165) is 11.4 Å². The second-order valence-electron chi connectivity index (χ2n) is 2.77. The minimum absolute atomic E-state index is 0.561. The lowest BCUT2D eigenvalue weighted by atomic mass is 10.3. The Balaban J connectivity index is 2.49. The third-order valence-electron chi connectivity index (χ3n) is 1.75. The fourth-order valence-electron chi connectivity index (χ4n) is 1.21. The normalized spacial score (nSPS) is 10.9. The standard InChI is InChI=1S/C9H9ClN2S/c1-11-5-7-4-6-2-3-8(10)12-9(6)13-7/h2-4,11H,5H2,1H3. The van der Waals surface area contributed by atoms with Crippen LogP contribution in [0.3, 0.4) is 0 Å². The predicted molar refractivity (Wildman–Crippen MR) is 57.4 cm³/mol. The summed E-state index contributed by atoms with van der Waals surface area (Å²) in [7, 11) is 1.94. The number of thiophene rings is 1. The zero-order valence-electron chi connectivity index (χ0n) is 7.17. The van der Waals surface area contributed by atoms with Crippen molar-refractivity contribution in [2.24, 2.45) is 0 Å². The monoisotopic (exact) mass is 212 g/mol. The van der Waals surface area contributed by atoms with Crippen molar-refractivity contribution in [3.8, 4) is 0 Å². The van der Waals surface area contributed by atoms with Crippen LogP contribution in [0.15, 0.2) is 18.2 Å². The van der Waals surface area contributed by atoms with Crippen molar-refractivity contribution in [3.05, 3.63) is 28.2 Å². The van der Waals surface area contributed by atoms with Crippen molar-refractivity contribution < 1.29 is 0 Å². The van der Waals surface area contributed by atoms with Gasteiger partial charge in [-0.15, -0.1) is 11.3 Å². The van der Waals surface area contributed by atoms with Gasteiger partial charge in [0.05, 0.1) is 0 Å². The first kappa shape index (κ1) is 8.94. The molecule has 2 aromatic heterocycles. The topological polar surface area (TPSA) is 24.9 Å². The van der Waals surface area contributed by atoms with E-state index in [2.05, 4.69) is 16.4 Å². The summed E-state index contributed by atoms with van der Waals surface area (Å²) in [5.74, 6) is 0. The second-order valence-corrected chi connectivity index (χ2v) is 4.27. The molecule has 2 rings (SSSR count). The highest BCUT2D eigenvalue weighted by Gasteiger charge is 2.02. The SMILES string of the molecule is CNCc1cc2ccc(Cl)nc2s1. The molecule has 0 aliphatic heterocycles. The third-order valence-corrected chi connectivity index (χ3v) is 3.01. The zero-order chi connectivity index (χ0) is 9.26. The fourth-order valence-corrected chi connectivity index (χ4v) is 2.45. The summed E-state index contributed by atoms with van der Waals surface area (Å²) in [5, 5.41) is 4.84.